The Morgan fingerprint density at radius 1 is 1.35 bits per heavy atom. The Morgan fingerprint density at radius 3 is 2.96 bits per heavy atom. The van der Waals surface area contributed by atoms with Crippen molar-refractivity contribution in [2.45, 2.75) is 31.8 Å². The molecule has 2 aromatic rings. The fraction of sp³-hybridized carbons (Fsp3) is 0.471. The second-order valence-electron chi connectivity index (χ2n) is 6.39. The van der Waals surface area contributed by atoms with Crippen molar-refractivity contribution < 1.29 is 9.53 Å². The molecule has 4 heterocycles. The van der Waals surface area contributed by atoms with Crippen molar-refractivity contribution in [1.82, 2.24) is 19.5 Å². The molecule has 0 unspecified atom stereocenters. The molecule has 6 heteroatoms. The molecule has 0 N–H and O–H groups in total. The number of hydrogen-bond acceptors (Lipinski definition) is 4. The van der Waals surface area contributed by atoms with Crippen molar-refractivity contribution in [2.75, 3.05) is 19.7 Å². The van der Waals surface area contributed by atoms with Gasteiger partial charge in [0.05, 0.1) is 18.4 Å². The van der Waals surface area contributed by atoms with Gasteiger partial charge in [0.1, 0.15) is 5.56 Å². The van der Waals surface area contributed by atoms with Crippen LogP contribution >= 0.6 is 0 Å². The maximum absolute atomic E-state index is 12.8. The summed E-state index contributed by atoms with van der Waals surface area (Å²) in [5.74, 6) is 0.00469. The third-order valence-corrected chi connectivity index (χ3v) is 4.80. The summed E-state index contributed by atoms with van der Waals surface area (Å²) < 4.78 is 7.66. The molecule has 0 aromatic carbocycles. The largest absolute Gasteiger partial charge is 0.370 e. The van der Waals surface area contributed by atoms with Crippen LogP contribution < -0.4 is 0 Å². The maximum Gasteiger partial charge on any atom is 0.259 e. The normalized spacial score (nSPS) is 20.7. The van der Waals surface area contributed by atoms with Crippen molar-refractivity contribution in [3.63, 3.8) is 0 Å². The molecular weight excluding hydrogens is 292 g/mol. The molecule has 120 valence electrons. The van der Waals surface area contributed by atoms with E-state index in [9.17, 15) is 4.79 Å². The van der Waals surface area contributed by atoms with Crippen LogP contribution in [0.4, 0.5) is 0 Å². The van der Waals surface area contributed by atoms with E-state index in [-0.39, 0.29) is 11.5 Å². The topological polar surface area (TPSA) is 59.7 Å². The number of ether oxygens (including phenoxy) is 1. The van der Waals surface area contributed by atoms with Crippen LogP contribution in [-0.2, 0) is 4.74 Å². The maximum atomic E-state index is 12.8. The summed E-state index contributed by atoms with van der Waals surface area (Å²) in [6.07, 6.45) is 10.1. The summed E-state index contributed by atoms with van der Waals surface area (Å²) in [7, 11) is 0. The van der Waals surface area contributed by atoms with E-state index in [1.807, 2.05) is 4.90 Å². The molecule has 23 heavy (non-hydrogen) atoms. The second kappa shape index (κ2) is 5.45. The van der Waals surface area contributed by atoms with E-state index < -0.39 is 0 Å². The van der Waals surface area contributed by atoms with Gasteiger partial charge in [0.25, 0.3) is 5.91 Å². The van der Waals surface area contributed by atoms with Crippen molar-refractivity contribution in [3.8, 4) is 0 Å². The minimum Gasteiger partial charge on any atom is -0.370 e. The van der Waals surface area contributed by atoms with Crippen LogP contribution in [0.3, 0.4) is 0 Å². The van der Waals surface area contributed by atoms with Crippen molar-refractivity contribution in [1.29, 1.82) is 0 Å². The SMILES string of the molecule is CC1=CC2(CCN(C(=O)c3cnn4cccnc34)CC2)OCC1. The average molecular weight is 312 g/mol. The number of amides is 1. The van der Waals surface area contributed by atoms with Gasteiger partial charge in [-0.25, -0.2) is 9.50 Å². The monoisotopic (exact) mass is 312 g/mol. The Hall–Kier alpha value is -2.21. The van der Waals surface area contributed by atoms with Gasteiger partial charge in [-0.3, -0.25) is 4.79 Å². The fourth-order valence-electron chi connectivity index (χ4n) is 3.50. The van der Waals surface area contributed by atoms with Crippen LogP contribution in [0.15, 0.2) is 36.3 Å². The van der Waals surface area contributed by atoms with Crippen LogP contribution in [0, 0.1) is 0 Å². The Balaban J connectivity index is 1.52. The number of rotatable bonds is 1. The molecule has 6 nitrogen and oxygen atoms in total. The van der Waals surface area contributed by atoms with Crippen molar-refractivity contribution in [2.24, 2.45) is 0 Å². The first kappa shape index (κ1) is 14.4. The summed E-state index contributed by atoms with van der Waals surface area (Å²) in [6.45, 7) is 4.35. The predicted octanol–water partition coefficient (Wildman–Crippen LogP) is 2.07. The third-order valence-electron chi connectivity index (χ3n) is 4.80. The third kappa shape index (κ3) is 2.53. The summed E-state index contributed by atoms with van der Waals surface area (Å²) >= 11 is 0. The van der Waals surface area contributed by atoms with Crippen LogP contribution in [0.2, 0.25) is 0 Å². The molecule has 1 saturated heterocycles. The highest BCUT2D eigenvalue weighted by Gasteiger charge is 2.37. The Bertz CT molecular complexity index is 772. The molecule has 1 spiro atoms. The van der Waals surface area contributed by atoms with E-state index in [4.69, 9.17) is 4.74 Å². The average Bonchev–Trinajstić information content (AvgIpc) is 2.99. The lowest BCUT2D eigenvalue weighted by Crippen LogP contribution is -2.48. The van der Waals surface area contributed by atoms with E-state index >= 15 is 0 Å². The molecule has 2 aliphatic heterocycles. The zero-order valence-electron chi connectivity index (χ0n) is 13.2. The lowest BCUT2D eigenvalue weighted by atomic mass is 9.87. The zero-order valence-corrected chi connectivity index (χ0v) is 13.2. The number of aromatic nitrogens is 3. The molecule has 1 fully saturated rings. The summed E-state index contributed by atoms with van der Waals surface area (Å²) in [5.41, 5.74) is 2.40. The van der Waals surface area contributed by atoms with Crippen LogP contribution in [0.5, 0.6) is 0 Å². The van der Waals surface area contributed by atoms with Gasteiger partial charge in [0.15, 0.2) is 5.65 Å². The number of carbonyl (C=O) groups is 1. The molecule has 0 saturated carbocycles. The Labute approximate surface area is 134 Å². The van der Waals surface area contributed by atoms with E-state index in [1.165, 1.54) is 5.57 Å². The first-order valence-corrected chi connectivity index (χ1v) is 8.07. The molecule has 2 aromatic heterocycles. The Kier molecular flexibility index (Phi) is 3.41. The zero-order chi connectivity index (χ0) is 15.9. The number of likely N-dealkylation sites (tertiary alicyclic amines) is 1. The molecular formula is C17H20N4O2. The van der Waals surface area contributed by atoms with Gasteiger partial charge >= 0.3 is 0 Å². The minimum atomic E-state index is -0.168. The minimum absolute atomic E-state index is 0.00469. The van der Waals surface area contributed by atoms with Gasteiger partial charge in [-0.15, -0.1) is 0 Å². The summed E-state index contributed by atoms with van der Waals surface area (Å²) in [5, 5.41) is 4.20. The second-order valence-corrected chi connectivity index (χ2v) is 6.39. The van der Waals surface area contributed by atoms with E-state index in [2.05, 4.69) is 23.1 Å². The predicted molar refractivity (Wildman–Crippen MR) is 85.2 cm³/mol. The van der Waals surface area contributed by atoms with Crippen LogP contribution in [0.1, 0.15) is 36.5 Å². The number of carbonyl (C=O) groups excluding carboxylic acids is 1. The summed E-state index contributed by atoms with van der Waals surface area (Å²) in [4.78, 5) is 18.9. The highest BCUT2D eigenvalue weighted by atomic mass is 16.5. The van der Waals surface area contributed by atoms with Crippen LogP contribution in [0.25, 0.3) is 5.65 Å². The smallest absolute Gasteiger partial charge is 0.259 e. The lowest BCUT2D eigenvalue weighted by Gasteiger charge is -2.42. The van der Waals surface area contributed by atoms with E-state index in [0.717, 1.165) is 25.9 Å². The number of fused-ring (bicyclic) bond motifs is 1. The van der Waals surface area contributed by atoms with Gasteiger partial charge in [-0.2, -0.15) is 5.10 Å². The highest BCUT2D eigenvalue weighted by molar-refractivity contribution is 5.99. The molecule has 0 aliphatic carbocycles. The molecule has 1 amide bonds. The number of piperidine rings is 1. The molecule has 4 rings (SSSR count). The molecule has 0 bridgehead atoms. The number of nitrogens with zero attached hydrogens (tertiary/aromatic N) is 4. The first-order valence-electron chi connectivity index (χ1n) is 8.07. The first-order chi connectivity index (χ1) is 11.2. The number of hydrogen-bond donors (Lipinski definition) is 0. The van der Waals surface area contributed by atoms with Crippen molar-refractivity contribution in [3.05, 3.63) is 41.9 Å². The van der Waals surface area contributed by atoms with Crippen LogP contribution in [-0.4, -0.2) is 50.7 Å². The van der Waals surface area contributed by atoms with Gasteiger partial charge in [0.2, 0.25) is 0 Å². The fourth-order valence-corrected chi connectivity index (χ4v) is 3.50. The van der Waals surface area contributed by atoms with Gasteiger partial charge in [-0.1, -0.05) is 11.6 Å². The van der Waals surface area contributed by atoms with Gasteiger partial charge in [-0.05, 0) is 32.3 Å². The molecule has 0 radical (unpaired) electrons. The quantitative estimate of drug-likeness (QED) is 0.756. The van der Waals surface area contributed by atoms with Crippen molar-refractivity contribution >= 4 is 11.6 Å². The molecule has 2 aliphatic rings. The Morgan fingerprint density at radius 2 is 2.17 bits per heavy atom. The van der Waals surface area contributed by atoms with Gasteiger partial charge in [0, 0.05) is 25.5 Å². The molecule has 0 atom stereocenters. The van der Waals surface area contributed by atoms with Gasteiger partial charge < -0.3 is 9.64 Å². The lowest BCUT2D eigenvalue weighted by molar-refractivity contribution is -0.0522. The highest BCUT2D eigenvalue weighted by Crippen LogP contribution is 2.33. The van der Waals surface area contributed by atoms with E-state index in [0.29, 0.717) is 24.3 Å². The summed E-state index contributed by atoms with van der Waals surface area (Å²) in [6, 6.07) is 1.80. The standard InChI is InChI=1S/C17H20N4O2/c1-13-3-10-23-17(11-13)4-8-20(9-5-17)16(22)14-12-19-21-7-2-6-18-15(14)21/h2,6-7,11-12H,3-5,8-10H2,1H3. The van der Waals surface area contributed by atoms with E-state index in [1.54, 1.807) is 29.2 Å².